The number of aliphatic hydroxyl groups is 3. The van der Waals surface area contributed by atoms with E-state index in [0.717, 1.165) is 5.57 Å². The summed E-state index contributed by atoms with van der Waals surface area (Å²) in [5, 5.41) is 30.8. The number of hydrogen-bond donors (Lipinski definition) is 3. The largest absolute Gasteiger partial charge is 0.493 e. The van der Waals surface area contributed by atoms with Crippen molar-refractivity contribution in [2.24, 2.45) is 0 Å². The molecule has 6 atom stereocenters. The molecule has 2 aliphatic heterocycles. The van der Waals surface area contributed by atoms with Crippen LogP contribution in [0.5, 0.6) is 11.5 Å². The Kier molecular flexibility index (Phi) is 10.5. The SMILES string of the molecule is COc1ccc(C=CC(=O)OCC2OC(OCC=C3CC(C=C(C)C)OC3=O)C(O)C(O)C2O)cc1OC. The van der Waals surface area contributed by atoms with E-state index in [-0.39, 0.29) is 12.7 Å². The molecule has 2 fully saturated rings. The van der Waals surface area contributed by atoms with E-state index in [9.17, 15) is 24.9 Å². The van der Waals surface area contributed by atoms with E-state index in [1.807, 2.05) is 19.9 Å². The zero-order valence-electron chi connectivity index (χ0n) is 21.7. The van der Waals surface area contributed by atoms with E-state index in [1.165, 1.54) is 32.4 Å². The maximum Gasteiger partial charge on any atom is 0.334 e. The molecule has 0 saturated carbocycles. The third-order valence-electron chi connectivity index (χ3n) is 5.93. The minimum atomic E-state index is -1.61. The van der Waals surface area contributed by atoms with Crippen LogP contribution in [0.25, 0.3) is 6.08 Å². The molecule has 3 rings (SSSR count). The molecule has 3 N–H and O–H groups in total. The summed E-state index contributed by atoms with van der Waals surface area (Å²) < 4.78 is 31.9. The summed E-state index contributed by atoms with van der Waals surface area (Å²) in [6, 6.07) is 5.09. The van der Waals surface area contributed by atoms with Gasteiger partial charge >= 0.3 is 11.9 Å². The Labute approximate surface area is 220 Å². The number of methoxy groups -OCH3 is 2. The standard InChI is InChI=1S/C27H34O11/c1-15(2)11-18-13-17(26(32)37-18)9-10-35-27-25(31)24(30)23(29)21(38-27)14-36-22(28)8-6-16-5-7-19(33-3)20(12-16)34-4/h5-9,11-12,18,21,23-25,27,29-31H,10,13-14H2,1-4H3. The number of rotatable bonds is 10. The van der Waals surface area contributed by atoms with Gasteiger partial charge in [-0.2, -0.15) is 0 Å². The number of cyclic esters (lactones) is 1. The molecule has 2 heterocycles. The van der Waals surface area contributed by atoms with Crippen LogP contribution < -0.4 is 9.47 Å². The van der Waals surface area contributed by atoms with E-state index >= 15 is 0 Å². The third kappa shape index (κ3) is 7.65. The van der Waals surface area contributed by atoms with Crippen LogP contribution in [-0.4, -0.2) is 91.5 Å². The zero-order chi connectivity index (χ0) is 27.8. The van der Waals surface area contributed by atoms with Crippen molar-refractivity contribution in [3.8, 4) is 11.5 Å². The first-order valence-electron chi connectivity index (χ1n) is 12.1. The monoisotopic (exact) mass is 534 g/mol. The first-order chi connectivity index (χ1) is 18.1. The number of allylic oxidation sites excluding steroid dienone is 1. The molecule has 1 aromatic carbocycles. The molecule has 2 aliphatic rings. The van der Waals surface area contributed by atoms with Crippen LogP contribution in [0, 0.1) is 0 Å². The molecule has 208 valence electrons. The Morgan fingerprint density at radius 2 is 1.82 bits per heavy atom. The molecule has 0 bridgehead atoms. The number of esters is 2. The van der Waals surface area contributed by atoms with E-state index in [4.69, 9.17) is 28.4 Å². The van der Waals surface area contributed by atoms with Crippen LogP contribution in [0.1, 0.15) is 25.8 Å². The van der Waals surface area contributed by atoms with Gasteiger partial charge < -0.3 is 43.7 Å². The number of carbonyl (C=O) groups is 2. The van der Waals surface area contributed by atoms with E-state index in [1.54, 1.807) is 18.2 Å². The van der Waals surface area contributed by atoms with Crippen LogP contribution in [0.2, 0.25) is 0 Å². The Balaban J connectivity index is 1.53. The lowest BCUT2D eigenvalue weighted by Crippen LogP contribution is -2.59. The maximum atomic E-state index is 12.2. The minimum Gasteiger partial charge on any atom is -0.493 e. The van der Waals surface area contributed by atoms with E-state index in [2.05, 4.69) is 0 Å². The lowest BCUT2D eigenvalue weighted by Gasteiger charge is -2.39. The van der Waals surface area contributed by atoms with E-state index in [0.29, 0.717) is 29.1 Å². The highest BCUT2D eigenvalue weighted by molar-refractivity contribution is 5.91. The van der Waals surface area contributed by atoms with Gasteiger partial charge in [-0.15, -0.1) is 0 Å². The molecule has 0 spiro atoms. The summed E-state index contributed by atoms with van der Waals surface area (Å²) >= 11 is 0. The summed E-state index contributed by atoms with van der Waals surface area (Å²) in [5.74, 6) is -0.138. The predicted octanol–water partition coefficient (Wildman–Crippen LogP) is 1.29. The molecule has 6 unspecified atom stereocenters. The fourth-order valence-corrected chi connectivity index (χ4v) is 3.95. The van der Waals surface area contributed by atoms with Gasteiger partial charge in [0.2, 0.25) is 0 Å². The smallest absolute Gasteiger partial charge is 0.334 e. The highest BCUT2D eigenvalue weighted by Crippen LogP contribution is 2.28. The van der Waals surface area contributed by atoms with Gasteiger partial charge in [-0.05, 0) is 49.8 Å². The molecule has 11 nitrogen and oxygen atoms in total. The molecule has 0 amide bonds. The quantitative estimate of drug-likeness (QED) is 0.226. The summed E-state index contributed by atoms with van der Waals surface area (Å²) in [7, 11) is 3.01. The first-order valence-corrected chi connectivity index (χ1v) is 12.1. The Morgan fingerprint density at radius 1 is 1.08 bits per heavy atom. The van der Waals surface area contributed by atoms with Crippen molar-refractivity contribution in [2.75, 3.05) is 27.4 Å². The Bertz CT molecular complexity index is 1070. The molecule has 0 aliphatic carbocycles. The summed E-state index contributed by atoms with van der Waals surface area (Å²) in [6.45, 7) is 3.29. The highest BCUT2D eigenvalue weighted by Gasteiger charge is 2.44. The van der Waals surface area contributed by atoms with Gasteiger partial charge in [0.25, 0.3) is 0 Å². The molecule has 38 heavy (non-hydrogen) atoms. The maximum absolute atomic E-state index is 12.2. The average molecular weight is 535 g/mol. The van der Waals surface area contributed by atoms with Crippen LogP contribution in [0.3, 0.4) is 0 Å². The van der Waals surface area contributed by atoms with E-state index < -0.39 is 49.3 Å². The fraction of sp³-hybridized carbons (Fsp3) is 0.481. The number of aliphatic hydroxyl groups excluding tert-OH is 3. The lowest BCUT2D eigenvalue weighted by molar-refractivity contribution is -0.299. The second kappa shape index (κ2) is 13.5. The zero-order valence-corrected chi connectivity index (χ0v) is 21.7. The molecule has 0 aromatic heterocycles. The Morgan fingerprint density at radius 3 is 2.50 bits per heavy atom. The second-order valence-corrected chi connectivity index (χ2v) is 9.05. The third-order valence-corrected chi connectivity index (χ3v) is 5.93. The molecule has 0 radical (unpaired) electrons. The molecule has 11 heteroatoms. The highest BCUT2D eigenvalue weighted by atomic mass is 16.7. The van der Waals surface area contributed by atoms with Gasteiger partial charge in [-0.1, -0.05) is 11.6 Å². The molecular formula is C27H34O11. The van der Waals surface area contributed by atoms with Gasteiger partial charge in [0.1, 0.15) is 37.1 Å². The normalized spacial score (nSPS) is 28.3. The van der Waals surface area contributed by atoms with Crippen molar-refractivity contribution in [2.45, 2.75) is 57.1 Å². The number of ether oxygens (including phenoxy) is 6. The molecule has 1 aromatic rings. The summed E-state index contributed by atoms with van der Waals surface area (Å²) in [5.41, 5.74) is 2.10. The fourth-order valence-electron chi connectivity index (χ4n) is 3.95. The van der Waals surface area contributed by atoms with Gasteiger partial charge in [0, 0.05) is 18.1 Å². The van der Waals surface area contributed by atoms with Gasteiger partial charge in [-0.3, -0.25) is 0 Å². The number of hydrogen-bond acceptors (Lipinski definition) is 11. The first kappa shape index (κ1) is 29.3. The second-order valence-electron chi connectivity index (χ2n) is 9.05. The topological polar surface area (TPSA) is 150 Å². The summed E-state index contributed by atoms with van der Waals surface area (Å²) in [6.07, 6.45) is -1.08. The van der Waals surface area contributed by atoms with Gasteiger partial charge in [0.05, 0.1) is 20.8 Å². The van der Waals surface area contributed by atoms with Crippen molar-refractivity contribution in [1.29, 1.82) is 0 Å². The Hall–Kier alpha value is -3.22. The van der Waals surface area contributed by atoms with Crippen molar-refractivity contribution in [1.82, 2.24) is 0 Å². The minimum absolute atomic E-state index is 0.114. The van der Waals surface area contributed by atoms with Crippen LogP contribution in [0.15, 0.2) is 47.6 Å². The van der Waals surface area contributed by atoms with Crippen molar-refractivity contribution < 1.29 is 53.3 Å². The number of carbonyl (C=O) groups excluding carboxylic acids is 2. The van der Waals surface area contributed by atoms with Crippen molar-refractivity contribution in [3.05, 3.63) is 53.1 Å². The van der Waals surface area contributed by atoms with Gasteiger partial charge in [-0.25, -0.2) is 9.59 Å². The predicted molar refractivity (Wildman–Crippen MR) is 134 cm³/mol. The van der Waals surface area contributed by atoms with Crippen molar-refractivity contribution >= 4 is 18.0 Å². The van der Waals surface area contributed by atoms with Crippen molar-refractivity contribution in [3.63, 3.8) is 0 Å². The van der Waals surface area contributed by atoms with Crippen LogP contribution >= 0.6 is 0 Å². The molecule has 2 saturated heterocycles. The van der Waals surface area contributed by atoms with Crippen LogP contribution in [0.4, 0.5) is 0 Å². The van der Waals surface area contributed by atoms with Crippen LogP contribution in [-0.2, 0) is 28.5 Å². The van der Waals surface area contributed by atoms with Gasteiger partial charge in [0.15, 0.2) is 17.8 Å². The summed E-state index contributed by atoms with van der Waals surface area (Å²) in [4.78, 5) is 24.2. The lowest BCUT2D eigenvalue weighted by atomic mass is 9.99. The molecular weight excluding hydrogens is 500 g/mol. The number of benzene rings is 1. The average Bonchev–Trinajstić information content (AvgIpc) is 3.24.